The van der Waals surface area contributed by atoms with E-state index in [0.717, 1.165) is 5.34 Å². The number of diazo groups is 3. The SMILES string of the molecule is C.C.COC(=O)c1sccc1N.COC(=O)c1sccc1[N+]#N.COC(=O)c1sccc1[N+]#N.COC(=O)c1sccc1[N+]#N.Cl.Cl.O=N[O-].[Cl-].[Cl-].[Na+]. The Hall–Kier alpha value is -3.70. The molecule has 53 heavy (non-hydrogen) atoms. The van der Waals surface area contributed by atoms with Gasteiger partial charge in [0.25, 0.3) is 0 Å². The third kappa shape index (κ3) is 23.6. The van der Waals surface area contributed by atoms with Gasteiger partial charge < -0.3 is 59.6 Å². The van der Waals surface area contributed by atoms with Crippen LogP contribution in [-0.2, 0) is 18.9 Å². The molecule has 0 bridgehead atoms. The summed E-state index contributed by atoms with van der Waals surface area (Å²) in [6, 6.07) is 6.29. The van der Waals surface area contributed by atoms with Gasteiger partial charge in [-0.1, -0.05) is 14.9 Å². The fourth-order valence-electron chi connectivity index (χ4n) is 2.46. The maximum atomic E-state index is 10.9. The Morgan fingerprint density at radius 2 is 0.811 bits per heavy atom. The minimum Gasteiger partial charge on any atom is -1.00 e. The van der Waals surface area contributed by atoms with Gasteiger partial charge in [-0.15, -0.1) is 75.5 Å². The standard InChI is InChI=1S/3C6H5N2O2S.C6H7NO2S.2CH4.4ClH.HNO2.Na/c3*1-10-6(9)5-4(8-7)2-3-11-5;1-9-6(8)5-4(7)2-3-10-5;;;;;;;2-1-3;/h3*2-3H,1H3;2-3H,7H2,1H3;2*1H4;4*1H;(H,2,3);/q3*+1;;;;;;;;;+1/p-3. The zero-order chi connectivity index (χ0) is 35.1. The van der Waals surface area contributed by atoms with Crippen LogP contribution in [0.2, 0.25) is 0 Å². The van der Waals surface area contributed by atoms with Crippen molar-refractivity contribution in [1.82, 2.24) is 0 Å². The zero-order valence-corrected chi connectivity index (χ0v) is 35.0. The van der Waals surface area contributed by atoms with Gasteiger partial charge in [-0.25, -0.2) is 19.2 Å². The van der Waals surface area contributed by atoms with E-state index in [9.17, 15) is 19.2 Å². The van der Waals surface area contributed by atoms with E-state index in [1.54, 1.807) is 27.6 Å². The topological polar surface area (TPSA) is 268 Å². The Labute approximate surface area is 367 Å². The minimum absolute atomic E-state index is 0. The fraction of sp³-hybridized carbons (Fsp3) is 0.231. The number of hydrogen-bond acceptors (Lipinski definition) is 19. The third-order valence-corrected chi connectivity index (χ3v) is 8.00. The molecular weight excluding hydrogens is 877 g/mol. The summed E-state index contributed by atoms with van der Waals surface area (Å²) < 4.78 is 17.8. The van der Waals surface area contributed by atoms with Crippen molar-refractivity contribution in [2.24, 2.45) is 5.34 Å². The van der Waals surface area contributed by atoms with Crippen LogP contribution in [0.5, 0.6) is 0 Å². The Morgan fingerprint density at radius 3 is 1.00 bits per heavy atom. The first-order chi connectivity index (χ1) is 22.0. The molecule has 0 atom stereocenters. The fourth-order valence-corrected chi connectivity index (χ4v) is 5.42. The summed E-state index contributed by atoms with van der Waals surface area (Å²) in [4.78, 5) is 61.6. The molecule has 4 aromatic rings. The Balaban J connectivity index is -0.0000000794. The van der Waals surface area contributed by atoms with Gasteiger partial charge in [-0.05, 0) is 27.6 Å². The summed E-state index contributed by atoms with van der Waals surface area (Å²) in [5.41, 5.74) is 6.66. The molecule has 0 spiro atoms. The molecule has 0 unspecified atom stereocenters. The van der Waals surface area contributed by atoms with Gasteiger partial charge in [0.15, 0.2) is 14.9 Å². The van der Waals surface area contributed by atoms with Crippen molar-refractivity contribution in [3.8, 4) is 0 Å². The number of rotatable bonds is 4. The average molecular weight is 910 g/mol. The number of nitrogen functional groups attached to an aromatic ring is 1. The second-order valence-corrected chi connectivity index (χ2v) is 10.6. The number of anilines is 1. The predicted molar refractivity (Wildman–Crippen MR) is 198 cm³/mol. The van der Waals surface area contributed by atoms with Crippen molar-refractivity contribution >= 4 is 117 Å². The molecule has 27 heteroatoms. The molecular formula is C26H32Cl4N8NaO10S4+. The van der Waals surface area contributed by atoms with Crippen LogP contribution in [0, 0.1) is 26.3 Å². The first-order valence-electron chi connectivity index (χ1n) is 11.4. The number of hydrogen-bond donors (Lipinski definition) is 1. The third-order valence-electron chi connectivity index (χ3n) is 4.44. The van der Waals surface area contributed by atoms with Gasteiger partial charge in [0.2, 0.25) is 30.8 Å². The van der Waals surface area contributed by atoms with E-state index in [-0.39, 0.29) is 117 Å². The van der Waals surface area contributed by atoms with Crippen LogP contribution in [0.3, 0.4) is 0 Å². The summed E-state index contributed by atoms with van der Waals surface area (Å²) in [6.07, 6.45) is 0. The van der Waals surface area contributed by atoms with Crippen LogP contribution in [0.25, 0.3) is 14.9 Å². The summed E-state index contributed by atoms with van der Waals surface area (Å²) in [7, 11) is 5.18. The number of halogens is 4. The van der Waals surface area contributed by atoms with Gasteiger partial charge >= 0.3 is 70.5 Å². The molecule has 0 aliphatic heterocycles. The summed E-state index contributed by atoms with van der Waals surface area (Å²) >= 11 is 4.82. The van der Waals surface area contributed by atoms with Crippen molar-refractivity contribution in [3.05, 3.63) is 90.3 Å². The summed E-state index contributed by atoms with van der Waals surface area (Å²) in [6.45, 7) is 0. The van der Waals surface area contributed by atoms with Crippen LogP contribution >= 0.6 is 70.2 Å². The van der Waals surface area contributed by atoms with Crippen LogP contribution in [0.1, 0.15) is 53.5 Å². The van der Waals surface area contributed by atoms with Crippen LogP contribution < -0.4 is 60.1 Å². The monoisotopic (exact) mass is 907 g/mol. The van der Waals surface area contributed by atoms with E-state index in [4.69, 9.17) is 32.0 Å². The van der Waals surface area contributed by atoms with E-state index in [0.29, 0.717) is 25.2 Å². The van der Waals surface area contributed by atoms with Gasteiger partial charge in [-0.3, -0.25) is 0 Å². The summed E-state index contributed by atoms with van der Waals surface area (Å²) in [5, 5.41) is 40.8. The second kappa shape index (κ2) is 39.5. The number of nitrogens with two attached hydrogens (primary N) is 1. The van der Waals surface area contributed by atoms with E-state index < -0.39 is 17.9 Å². The van der Waals surface area contributed by atoms with Crippen molar-refractivity contribution in [2.75, 3.05) is 34.2 Å². The van der Waals surface area contributed by atoms with E-state index in [1.165, 1.54) is 92.0 Å². The molecule has 0 radical (unpaired) electrons. The maximum absolute atomic E-state index is 10.9. The van der Waals surface area contributed by atoms with Gasteiger partial charge in [0.05, 0.1) is 34.1 Å². The maximum Gasteiger partial charge on any atom is 1.00 e. The smallest absolute Gasteiger partial charge is 1.00 e. The van der Waals surface area contributed by atoms with Gasteiger partial charge in [0.1, 0.15) is 4.88 Å². The molecule has 0 aliphatic rings. The number of methoxy groups -OCH3 is 4. The summed E-state index contributed by atoms with van der Waals surface area (Å²) in [5.74, 6) is -1.80. The van der Waals surface area contributed by atoms with E-state index >= 15 is 0 Å². The molecule has 4 heterocycles. The van der Waals surface area contributed by atoms with Crippen LogP contribution in [-0.4, -0.2) is 52.3 Å². The van der Waals surface area contributed by atoms with Crippen LogP contribution in [0.15, 0.2) is 51.1 Å². The Kier molecular flexibility index (Phi) is 50.3. The second-order valence-electron chi connectivity index (χ2n) is 6.95. The van der Waals surface area contributed by atoms with Gasteiger partial charge in [-0.2, -0.15) is 0 Å². The van der Waals surface area contributed by atoms with E-state index in [2.05, 4.69) is 33.9 Å². The number of nitrogens with zero attached hydrogens (tertiary/aromatic N) is 7. The van der Waals surface area contributed by atoms with Crippen molar-refractivity contribution < 1.29 is 92.5 Å². The normalized spacial score (nSPS) is 7.42. The number of esters is 4. The largest absolute Gasteiger partial charge is 1.00 e. The molecule has 2 N–H and O–H groups in total. The quantitative estimate of drug-likeness (QED) is 0.0732. The zero-order valence-electron chi connectivity index (χ0n) is 26.6. The molecule has 0 aliphatic carbocycles. The first kappa shape index (κ1) is 67.4. The van der Waals surface area contributed by atoms with E-state index in [1.807, 2.05) is 0 Å². The number of thiophene rings is 4. The molecule has 0 saturated heterocycles. The minimum atomic E-state index is -0.479. The van der Waals surface area contributed by atoms with Crippen molar-refractivity contribution in [1.29, 1.82) is 16.2 Å². The molecule has 0 fully saturated rings. The number of carbonyl (C=O) groups is 4. The van der Waals surface area contributed by atoms with Crippen molar-refractivity contribution in [2.45, 2.75) is 14.9 Å². The number of ether oxygens (including phenoxy) is 4. The first-order valence-corrected chi connectivity index (χ1v) is 15.0. The molecule has 18 nitrogen and oxygen atoms in total. The molecule has 0 saturated carbocycles. The molecule has 4 aromatic heterocycles. The predicted octanol–water partition coefficient (Wildman–Crippen LogP) is 0.553. The Morgan fingerprint density at radius 1 is 0.604 bits per heavy atom. The Bertz CT molecular complexity index is 1600. The van der Waals surface area contributed by atoms with Crippen LogP contribution in [0.4, 0.5) is 22.7 Å². The molecule has 288 valence electrons. The average Bonchev–Trinajstić information content (AvgIpc) is 3.91. The molecule has 4 rings (SSSR count). The number of carbonyl (C=O) groups excluding carboxylic acids is 4. The molecule has 0 aromatic carbocycles. The molecule has 0 amide bonds. The van der Waals surface area contributed by atoms with Crippen molar-refractivity contribution in [3.63, 3.8) is 0 Å². The van der Waals surface area contributed by atoms with Gasteiger partial charge in [0, 0.05) is 18.2 Å².